The van der Waals surface area contributed by atoms with Gasteiger partial charge in [-0.25, -0.2) is 4.79 Å². The Hall–Kier alpha value is -1.68. The second-order valence-corrected chi connectivity index (χ2v) is 17.6. The number of nitrogens with zero attached hydrogens (tertiary/aromatic N) is 1. The first-order chi connectivity index (χ1) is 20.1. The van der Waals surface area contributed by atoms with Crippen molar-refractivity contribution in [3.63, 3.8) is 0 Å². The van der Waals surface area contributed by atoms with Crippen LogP contribution in [-0.4, -0.2) is 23.8 Å². The van der Waals surface area contributed by atoms with Crippen molar-refractivity contribution in [1.29, 1.82) is 0 Å². The van der Waals surface area contributed by atoms with Gasteiger partial charge < -0.3 is 9.84 Å². The number of ether oxygens (including phenoxy) is 1. The Morgan fingerprint density at radius 2 is 1.60 bits per heavy atom. The van der Waals surface area contributed by atoms with Crippen LogP contribution >= 0.6 is 0 Å². The average Bonchev–Trinajstić information content (AvgIpc) is 3.31. The molecule has 5 aliphatic rings. The first-order valence-electron chi connectivity index (χ1n) is 17.5. The van der Waals surface area contributed by atoms with E-state index in [4.69, 9.17) is 4.74 Å². The quantitative estimate of drug-likeness (QED) is 0.214. The molecule has 4 heteroatoms. The number of aromatic nitrogens is 1. The molecule has 0 bridgehead atoms. The van der Waals surface area contributed by atoms with Crippen LogP contribution in [0.5, 0.6) is 0 Å². The van der Waals surface area contributed by atoms with Gasteiger partial charge in [0.2, 0.25) is 6.54 Å². The van der Waals surface area contributed by atoms with Crippen LogP contribution < -0.4 is 4.57 Å². The lowest BCUT2D eigenvalue weighted by Crippen LogP contribution is -2.67. The lowest BCUT2D eigenvalue weighted by Gasteiger charge is -2.73. The smallest absolute Gasteiger partial charge is 0.372 e. The largest absolute Gasteiger partial charge is 0.457 e. The van der Waals surface area contributed by atoms with E-state index in [0.717, 1.165) is 12.8 Å². The summed E-state index contributed by atoms with van der Waals surface area (Å²) in [6.45, 7) is 24.3. The molecule has 1 aromatic heterocycles. The first kappa shape index (κ1) is 31.3. The zero-order valence-electron chi connectivity index (χ0n) is 28.6. The van der Waals surface area contributed by atoms with Crippen LogP contribution in [0.4, 0.5) is 0 Å². The Labute approximate surface area is 262 Å². The van der Waals surface area contributed by atoms with Crippen molar-refractivity contribution in [3.8, 4) is 0 Å². The van der Waals surface area contributed by atoms with E-state index in [0.29, 0.717) is 47.0 Å². The van der Waals surface area contributed by atoms with Crippen molar-refractivity contribution in [2.24, 2.45) is 56.7 Å². The summed E-state index contributed by atoms with van der Waals surface area (Å²) in [6.07, 6.45) is 16.1. The second-order valence-electron chi connectivity index (χ2n) is 17.6. The Morgan fingerprint density at radius 3 is 2.26 bits per heavy atom. The monoisotopic (exact) mass is 590 g/mol. The predicted octanol–water partition coefficient (Wildman–Crippen LogP) is 8.15. The number of carbonyl (C=O) groups is 1. The van der Waals surface area contributed by atoms with Gasteiger partial charge in [0.1, 0.15) is 6.10 Å². The fourth-order valence-electron chi connectivity index (χ4n) is 13.2. The molecule has 5 aliphatic carbocycles. The molecule has 5 fully saturated rings. The fraction of sp³-hybridized carbons (Fsp3) is 0.795. The number of esters is 1. The number of hydrogen-bond donors (Lipinski definition) is 1. The maximum Gasteiger partial charge on any atom is 0.372 e. The molecule has 10 atom stereocenters. The van der Waals surface area contributed by atoms with Gasteiger partial charge >= 0.3 is 5.97 Å². The van der Waals surface area contributed by atoms with Crippen molar-refractivity contribution in [3.05, 3.63) is 41.7 Å². The topological polar surface area (TPSA) is 50.4 Å². The van der Waals surface area contributed by atoms with Gasteiger partial charge in [-0.15, -0.1) is 0 Å². The Morgan fingerprint density at radius 1 is 0.907 bits per heavy atom. The summed E-state index contributed by atoms with van der Waals surface area (Å²) in [4.78, 5) is 13.3. The minimum Gasteiger partial charge on any atom is -0.457 e. The van der Waals surface area contributed by atoms with Crippen molar-refractivity contribution < 1.29 is 19.2 Å². The fourth-order valence-corrected chi connectivity index (χ4v) is 13.2. The number of allylic oxidation sites excluding steroid dienone is 1. The van der Waals surface area contributed by atoms with Gasteiger partial charge in [0.05, 0.1) is 0 Å². The second kappa shape index (κ2) is 10.4. The van der Waals surface area contributed by atoms with Crippen LogP contribution in [0.15, 0.2) is 30.6 Å². The highest BCUT2D eigenvalue weighted by molar-refractivity contribution is 5.68. The molecule has 1 heterocycles. The van der Waals surface area contributed by atoms with Gasteiger partial charge in [-0.2, -0.15) is 4.57 Å². The molecule has 5 saturated carbocycles. The summed E-state index contributed by atoms with van der Waals surface area (Å²) in [6, 6.07) is 2.14. The van der Waals surface area contributed by atoms with E-state index in [1.807, 2.05) is 17.0 Å². The molecule has 238 valence electrons. The third-order valence-corrected chi connectivity index (χ3v) is 15.3. The molecule has 1 aromatic rings. The van der Waals surface area contributed by atoms with Gasteiger partial charge in [0, 0.05) is 23.1 Å². The highest BCUT2D eigenvalue weighted by Gasteiger charge is 2.71. The number of hydrogen-bond acceptors (Lipinski definition) is 3. The number of rotatable bonds is 5. The molecule has 0 aromatic carbocycles. The van der Waals surface area contributed by atoms with Crippen LogP contribution in [0.1, 0.15) is 117 Å². The standard InChI is InChI=1S/C39H60NO3/c1-25(2)28-12-17-39(24-41)19-18-37(8)29(34(28)39)10-11-31-36(7)15-14-32(35(5,6)30(36)13-16-38(31,37)9)43-33(42)23-40-21-26(3)20-27(4)22-40/h20-22,28-32,34,41H,1,10-19,23-24H2,2-9H3/q+1/t28-,29?,30?,31?,32-,34?,36-,37+,38+,39+/m0/s1. The lowest BCUT2D eigenvalue weighted by molar-refractivity contribution is -0.686. The van der Waals surface area contributed by atoms with Crippen molar-refractivity contribution in [2.45, 2.75) is 132 Å². The summed E-state index contributed by atoms with van der Waals surface area (Å²) < 4.78 is 8.35. The van der Waals surface area contributed by atoms with E-state index in [-0.39, 0.29) is 34.9 Å². The number of aryl methyl sites for hydroxylation is 2. The molecule has 1 N–H and O–H groups in total. The summed E-state index contributed by atoms with van der Waals surface area (Å²) in [5, 5.41) is 10.8. The Balaban J connectivity index is 1.24. The maximum atomic E-state index is 13.3. The van der Waals surface area contributed by atoms with E-state index in [1.165, 1.54) is 68.1 Å². The number of aliphatic hydroxyl groups excluding tert-OH is 1. The van der Waals surface area contributed by atoms with Gasteiger partial charge in [0.15, 0.2) is 12.4 Å². The maximum absolute atomic E-state index is 13.3. The highest BCUT2D eigenvalue weighted by atomic mass is 16.5. The molecule has 0 amide bonds. The minimum absolute atomic E-state index is 0.0319. The SMILES string of the molecule is C=C(C)[C@@H]1CC[C@]2(CO)CC[C@]3(C)C(CCC4[C@@]5(C)CC[C@H](OC(=O)C[n+]6cc(C)cc(C)c6)C(C)(C)C5CC[C@]43C)C12. The number of pyridine rings is 1. The molecule has 6 rings (SSSR count). The zero-order valence-corrected chi connectivity index (χ0v) is 28.6. The molecular formula is C39H60NO3+. The van der Waals surface area contributed by atoms with Gasteiger partial charge in [-0.3, -0.25) is 0 Å². The molecule has 4 nitrogen and oxygen atoms in total. The van der Waals surface area contributed by atoms with Crippen LogP contribution in [0.2, 0.25) is 0 Å². The molecule has 43 heavy (non-hydrogen) atoms. The van der Waals surface area contributed by atoms with Crippen LogP contribution in [0, 0.1) is 70.5 Å². The lowest BCUT2D eigenvalue weighted by atomic mass is 9.32. The van der Waals surface area contributed by atoms with Crippen LogP contribution in [0.3, 0.4) is 0 Å². The minimum atomic E-state index is -0.108. The first-order valence-corrected chi connectivity index (χ1v) is 17.5. The molecule has 4 unspecified atom stereocenters. The van der Waals surface area contributed by atoms with Crippen molar-refractivity contribution in [2.75, 3.05) is 6.61 Å². The summed E-state index contributed by atoms with van der Waals surface area (Å²) >= 11 is 0. The van der Waals surface area contributed by atoms with E-state index < -0.39 is 0 Å². The number of fused-ring (bicyclic) bond motifs is 7. The number of aliphatic hydroxyl groups is 1. The summed E-state index contributed by atoms with van der Waals surface area (Å²) in [5.41, 5.74) is 4.58. The Kier molecular flexibility index (Phi) is 7.59. The van der Waals surface area contributed by atoms with E-state index in [2.05, 4.69) is 68.0 Å². The van der Waals surface area contributed by atoms with Gasteiger partial charge in [-0.05, 0) is 142 Å². The van der Waals surface area contributed by atoms with E-state index in [1.54, 1.807) is 0 Å². The Bertz CT molecular complexity index is 1260. The van der Waals surface area contributed by atoms with Crippen LogP contribution in [-0.2, 0) is 16.1 Å². The molecule has 0 saturated heterocycles. The summed E-state index contributed by atoms with van der Waals surface area (Å²) in [5.74, 6) is 2.95. The predicted molar refractivity (Wildman–Crippen MR) is 172 cm³/mol. The zero-order chi connectivity index (χ0) is 31.2. The number of carbonyl (C=O) groups excluding carboxylic acids is 1. The molecular weight excluding hydrogens is 530 g/mol. The normalized spacial score (nSPS) is 44.9. The molecule has 0 radical (unpaired) electrons. The molecule has 0 aliphatic heterocycles. The third-order valence-electron chi connectivity index (χ3n) is 15.3. The third kappa shape index (κ3) is 4.53. The van der Waals surface area contributed by atoms with E-state index in [9.17, 15) is 9.90 Å². The van der Waals surface area contributed by atoms with E-state index >= 15 is 0 Å². The summed E-state index contributed by atoms with van der Waals surface area (Å²) in [7, 11) is 0. The average molecular weight is 591 g/mol. The van der Waals surface area contributed by atoms with Gasteiger partial charge in [0.25, 0.3) is 0 Å². The van der Waals surface area contributed by atoms with Crippen molar-refractivity contribution in [1.82, 2.24) is 0 Å². The van der Waals surface area contributed by atoms with Crippen molar-refractivity contribution >= 4 is 5.97 Å². The highest BCUT2D eigenvalue weighted by Crippen LogP contribution is 2.77. The van der Waals surface area contributed by atoms with Gasteiger partial charge in [-0.1, -0.05) is 46.8 Å². The van der Waals surface area contributed by atoms with Crippen LogP contribution in [0.25, 0.3) is 0 Å². The molecule has 0 spiro atoms.